The van der Waals surface area contributed by atoms with E-state index in [1.165, 1.54) is 24.3 Å². The summed E-state index contributed by atoms with van der Waals surface area (Å²) >= 11 is 0. The van der Waals surface area contributed by atoms with Gasteiger partial charge in [0.15, 0.2) is 5.96 Å². The summed E-state index contributed by atoms with van der Waals surface area (Å²) in [4.78, 5) is 4.25. The average molecular weight is 520 g/mol. The maximum Gasteiger partial charge on any atom is 0.238 e. The highest BCUT2D eigenvalue weighted by atomic mass is 127. The van der Waals surface area contributed by atoms with Crippen LogP contribution < -0.4 is 15.8 Å². The minimum atomic E-state index is -3.69. The van der Waals surface area contributed by atoms with Crippen molar-refractivity contribution in [3.8, 4) is 0 Å². The number of hydrogen-bond acceptors (Lipinski definition) is 3. The van der Waals surface area contributed by atoms with Gasteiger partial charge in [0.25, 0.3) is 0 Å². The first-order chi connectivity index (χ1) is 12.6. The molecular weight excluding hydrogens is 494 g/mol. The number of sulfonamides is 1. The fourth-order valence-electron chi connectivity index (χ4n) is 2.52. The van der Waals surface area contributed by atoms with Gasteiger partial charge in [0, 0.05) is 25.6 Å². The predicted molar refractivity (Wildman–Crippen MR) is 121 cm³/mol. The van der Waals surface area contributed by atoms with E-state index in [1.54, 1.807) is 25.2 Å². The fourth-order valence-corrected chi connectivity index (χ4v) is 3.04. The zero-order valence-corrected chi connectivity index (χ0v) is 19.2. The molecule has 0 saturated carbocycles. The second-order valence-electron chi connectivity index (χ2n) is 6.86. The van der Waals surface area contributed by atoms with Gasteiger partial charge in [-0.05, 0) is 35.4 Å². The molecule has 0 heterocycles. The molecule has 2 aromatic carbocycles. The standard InChI is InChI=1S/C19H25FN4O2S.HI/c1-19(2,15-5-4-6-16(20)11-15)13-24-18(22-3)23-12-14-7-9-17(10-8-14)27(21,25)26;/h4-11H,12-13H2,1-3H3,(H2,21,25,26)(H2,22,23,24);1H. The average Bonchev–Trinajstić information content (AvgIpc) is 2.61. The molecule has 0 fully saturated rings. The molecule has 28 heavy (non-hydrogen) atoms. The lowest BCUT2D eigenvalue weighted by Crippen LogP contribution is -2.43. The number of aliphatic imine (C=N–C) groups is 1. The Morgan fingerprint density at radius 2 is 1.79 bits per heavy atom. The number of primary sulfonamides is 1. The first kappa shape index (κ1) is 24.3. The molecule has 0 aliphatic heterocycles. The summed E-state index contributed by atoms with van der Waals surface area (Å²) in [6.45, 7) is 5.06. The van der Waals surface area contributed by atoms with E-state index in [-0.39, 0.29) is 40.1 Å². The molecule has 0 radical (unpaired) electrons. The topological polar surface area (TPSA) is 96.6 Å². The van der Waals surface area contributed by atoms with Crippen LogP contribution in [-0.4, -0.2) is 28.0 Å². The lowest BCUT2D eigenvalue weighted by atomic mass is 9.84. The van der Waals surface area contributed by atoms with Gasteiger partial charge in [0.05, 0.1) is 4.90 Å². The first-order valence-electron chi connectivity index (χ1n) is 8.44. The molecule has 0 amide bonds. The van der Waals surface area contributed by atoms with Crippen LogP contribution in [0.25, 0.3) is 0 Å². The summed E-state index contributed by atoms with van der Waals surface area (Å²) in [6, 6.07) is 12.9. The van der Waals surface area contributed by atoms with Crippen molar-refractivity contribution in [1.29, 1.82) is 0 Å². The molecule has 0 bridgehead atoms. The van der Waals surface area contributed by atoms with E-state index < -0.39 is 10.0 Å². The minimum absolute atomic E-state index is 0. The van der Waals surface area contributed by atoms with E-state index in [9.17, 15) is 12.8 Å². The molecule has 0 spiro atoms. The Labute approximate surface area is 182 Å². The van der Waals surface area contributed by atoms with Crippen molar-refractivity contribution in [2.24, 2.45) is 10.1 Å². The van der Waals surface area contributed by atoms with Crippen LogP contribution in [0.3, 0.4) is 0 Å². The third-order valence-electron chi connectivity index (χ3n) is 4.24. The third kappa shape index (κ3) is 7.02. The maximum absolute atomic E-state index is 13.5. The van der Waals surface area contributed by atoms with E-state index >= 15 is 0 Å². The molecule has 0 aliphatic rings. The summed E-state index contributed by atoms with van der Waals surface area (Å²) in [5.41, 5.74) is 1.48. The summed E-state index contributed by atoms with van der Waals surface area (Å²) in [5, 5.41) is 11.5. The van der Waals surface area contributed by atoms with Gasteiger partial charge in [-0.2, -0.15) is 0 Å². The van der Waals surface area contributed by atoms with Crippen molar-refractivity contribution in [2.75, 3.05) is 13.6 Å². The quantitative estimate of drug-likeness (QED) is 0.310. The van der Waals surface area contributed by atoms with Gasteiger partial charge < -0.3 is 10.6 Å². The normalized spacial score (nSPS) is 12.2. The summed E-state index contributed by atoms with van der Waals surface area (Å²) in [7, 11) is -2.03. The second kappa shape index (κ2) is 10.2. The van der Waals surface area contributed by atoms with Crippen LogP contribution in [0.15, 0.2) is 58.4 Å². The molecule has 4 N–H and O–H groups in total. The number of guanidine groups is 1. The van der Waals surface area contributed by atoms with Crippen molar-refractivity contribution in [2.45, 2.75) is 30.7 Å². The van der Waals surface area contributed by atoms with Gasteiger partial charge in [-0.25, -0.2) is 17.9 Å². The second-order valence-corrected chi connectivity index (χ2v) is 8.42. The van der Waals surface area contributed by atoms with Gasteiger partial charge in [-0.15, -0.1) is 24.0 Å². The van der Waals surface area contributed by atoms with Crippen LogP contribution in [-0.2, 0) is 22.0 Å². The molecule has 6 nitrogen and oxygen atoms in total. The van der Waals surface area contributed by atoms with Gasteiger partial charge >= 0.3 is 0 Å². The van der Waals surface area contributed by atoms with Crippen molar-refractivity contribution in [3.63, 3.8) is 0 Å². The number of hydrogen-bond donors (Lipinski definition) is 3. The Morgan fingerprint density at radius 1 is 1.14 bits per heavy atom. The van der Waals surface area contributed by atoms with Gasteiger partial charge in [-0.3, -0.25) is 4.99 Å². The summed E-state index contributed by atoms with van der Waals surface area (Å²) < 4.78 is 36.0. The van der Waals surface area contributed by atoms with Gasteiger partial charge in [-0.1, -0.05) is 38.1 Å². The lowest BCUT2D eigenvalue weighted by Gasteiger charge is -2.27. The summed E-state index contributed by atoms with van der Waals surface area (Å²) in [5.74, 6) is 0.334. The molecule has 154 valence electrons. The third-order valence-corrected chi connectivity index (χ3v) is 5.17. The van der Waals surface area contributed by atoms with Gasteiger partial charge in [0.2, 0.25) is 10.0 Å². The largest absolute Gasteiger partial charge is 0.356 e. The first-order valence-corrected chi connectivity index (χ1v) is 9.99. The number of nitrogens with zero attached hydrogens (tertiary/aromatic N) is 1. The zero-order valence-electron chi connectivity index (χ0n) is 16.1. The molecule has 0 aromatic heterocycles. The SMILES string of the molecule is CN=C(NCc1ccc(S(N)(=O)=O)cc1)NCC(C)(C)c1cccc(F)c1.I. The van der Waals surface area contributed by atoms with Crippen LogP contribution in [0.1, 0.15) is 25.0 Å². The van der Waals surface area contributed by atoms with Crippen LogP contribution in [0.4, 0.5) is 4.39 Å². The van der Waals surface area contributed by atoms with E-state index in [0.717, 1.165) is 11.1 Å². The summed E-state index contributed by atoms with van der Waals surface area (Å²) in [6.07, 6.45) is 0. The number of nitrogens with one attached hydrogen (secondary N) is 2. The Hall–Kier alpha value is -1.72. The number of benzene rings is 2. The fraction of sp³-hybridized carbons (Fsp3) is 0.316. The molecule has 9 heteroatoms. The van der Waals surface area contributed by atoms with E-state index in [4.69, 9.17) is 5.14 Å². The van der Waals surface area contributed by atoms with Crippen LogP contribution in [0.5, 0.6) is 0 Å². The number of halogens is 2. The highest BCUT2D eigenvalue weighted by Gasteiger charge is 2.21. The van der Waals surface area contributed by atoms with Crippen LogP contribution in [0.2, 0.25) is 0 Å². The molecule has 0 aliphatic carbocycles. The minimum Gasteiger partial charge on any atom is -0.356 e. The monoisotopic (exact) mass is 520 g/mol. The van der Waals surface area contributed by atoms with Gasteiger partial charge in [0.1, 0.15) is 5.82 Å². The Morgan fingerprint density at radius 3 is 2.32 bits per heavy atom. The van der Waals surface area contributed by atoms with E-state index in [1.807, 2.05) is 19.9 Å². The molecule has 0 saturated heterocycles. The molecule has 0 atom stereocenters. The van der Waals surface area contributed by atoms with E-state index in [2.05, 4.69) is 15.6 Å². The Kier molecular flexibility index (Phi) is 8.83. The van der Waals surface area contributed by atoms with Crippen LogP contribution >= 0.6 is 24.0 Å². The predicted octanol–water partition coefficient (Wildman–Crippen LogP) is 2.73. The molecular formula is C19H26FIN4O2S. The zero-order chi connectivity index (χ0) is 20.1. The molecule has 2 rings (SSSR count). The highest BCUT2D eigenvalue weighted by molar-refractivity contribution is 14.0. The molecule has 0 unspecified atom stereocenters. The highest BCUT2D eigenvalue weighted by Crippen LogP contribution is 2.22. The van der Waals surface area contributed by atoms with Crippen molar-refractivity contribution in [3.05, 3.63) is 65.5 Å². The Bertz CT molecular complexity index is 916. The van der Waals surface area contributed by atoms with Crippen molar-refractivity contribution in [1.82, 2.24) is 10.6 Å². The lowest BCUT2D eigenvalue weighted by molar-refractivity contribution is 0.503. The van der Waals surface area contributed by atoms with Crippen molar-refractivity contribution >= 4 is 40.0 Å². The Balaban J connectivity index is 0.00000392. The maximum atomic E-state index is 13.5. The van der Waals surface area contributed by atoms with Crippen molar-refractivity contribution < 1.29 is 12.8 Å². The number of rotatable bonds is 6. The molecule has 2 aromatic rings. The smallest absolute Gasteiger partial charge is 0.238 e. The van der Waals surface area contributed by atoms with E-state index in [0.29, 0.717) is 19.0 Å². The number of nitrogens with two attached hydrogens (primary N) is 1. The van der Waals surface area contributed by atoms with Crippen LogP contribution in [0, 0.1) is 5.82 Å².